The molecule has 0 aliphatic carbocycles. The van der Waals surface area contributed by atoms with Gasteiger partial charge in [0.1, 0.15) is 11.4 Å². The number of nitrogens with one attached hydrogen (secondary N) is 1. The van der Waals surface area contributed by atoms with E-state index in [1.807, 2.05) is 6.92 Å². The van der Waals surface area contributed by atoms with Crippen LogP contribution in [0.2, 0.25) is 0 Å². The van der Waals surface area contributed by atoms with Crippen molar-refractivity contribution in [1.29, 1.82) is 0 Å². The topological polar surface area (TPSA) is 91.7 Å². The van der Waals surface area contributed by atoms with E-state index in [0.717, 1.165) is 17.7 Å². The number of pyridine rings is 1. The molecule has 0 saturated carbocycles. The number of Topliss-reactive ketones (excluding diaryl/α,β-unsaturated/α-hetero) is 1. The lowest BCUT2D eigenvalue weighted by Gasteiger charge is -2.12. The predicted molar refractivity (Wildman–Crippen MR) is 123 cm³/mol. The van der Waals surface area contributed by atoms with E-state index in [1.165, 1.54) is 32.0 Å². The number of nitrogens with zero attached hydrogens (tertiary/aromatic N) is 2. The standard InChI is InChI=1S/C25H22F3N3O3/c1-13-5-6-17(16(4)32)11-21(13)29-15(3)20-12-18(7-9-22(20)33)31-24(34)19-8-10-23(25(26,27)28)30-14(19)2/h5-12,33H,1-4H3,(H,31,34). The summed E-state index contributed by atoms with van der Waals surface area (Å²) < 4.78 is 38.5. The molecule has 0 radical (unpaired) electrons. The van der Waals surface area contributed by atoms with Crippen LogP contribution in [-0.4, -0.2) is 27.5 Å². The molecule has 3 aromatic rings. The number of rotatable bonds is 5. The minimum atomic E-state index is -4.61. The number of hydrogen-bond donors (Lipinski definition) is 2. The van der Waals surface area contributed by atoms with Crippen LogP contribution in [0.15, 0.2) is 53.5 Å². The van der Waals surface area contributed by atoms with Crippen molar-refractivity contribution in [3.8, 4) is 5.75 Å². The molecule has 3 rings (SSSR count). The maximum atomic E-state index is 12.8. The van der Waals surface area contributed by atoms with Crippen molar-refractivity contribution in [3.05, 3.63) is 82.2 Å². The van der Waals surface area contributed by atoms with Crippen LogP contribution in [-0.2, 0) is 6.18 Å². The third-order valence-electron chi connectivity index (χ3n) is 5.17. The quantitative estimate of drug-likeness (QED) is 0.272. The minimum absolute atomic E-state index is 0.00955. The van der Waals surface area contributed by atoms with Crippen LogP contribution < -0.4 is 5.32 Å². The molecule has 6 nitrogen and oxygen atoms in total. The molecule has 1 amide bonds. The number of hydrogen-bond acceptors (Lipinski definition) is 5. The van der Waals surface area contributed by atoms with Crippen molar-refractivity contribution in [2.45, 2.75) is 33.9 Å². The molecule has 0 fully saturated rings. The van der Waals surface area contributed by atoms with Crippen molar-refractivity contribution >= 4 is 28.8 Å². The first-order valence-corrected chi connectivity index (χ1v) is 10.2. The van der Waals surface area contributed by atoms with Gasteiger partial charge in [-0.3, -0.25) is 14.6 Å². The number of anilines is 1. The van der Waals surface area contributed by atoms with Gasteiger partial charge in [0.15, 0.2) is 5.78 Å². The number of amides is 1. The van der Waals surface area contributed by atoms with Crippen LogP contribution in [0.4, 0.5) is 24.5 Å². The van der Waals surface area contributed by atoms with E-state index in [-0.39, 0.29) is 22.8 Å². The molecule has 0 unspecified atom stereocenters. The Labute approximate surface area is 194 Å². The number of ketones is 1. The van der Waals surface area contributed by atoms with Crippen molar-refractivity contribution in [2.75, 3.05) is 5.32 Å². The van der Waals surface area contributed by atoms with Gasteiger partial charge in [-0.2, -0.15) is 13.2 Å². The van der Waals surface area contributed by atoms with Crippen molar-refractivity contribution in [2.24, 2.45) is 4.99 Å². The molecule has 1 aromatic heterocycles. The second kappa shape index (κ2) is 9.46. The Bertz CT molecular complexity index is 1310. The number of phenolic OH excluding ortho intramolecular Hbond substituents is 1. The Kier molecular flexibility index (Phi) is 6.85. The SMILES string of the molecule is CC(=O)c1ccc(C)c(N=C(C)c2cc(NC(=O)c3ccc(C(F)(F)F)nc3C)ccc2O)c1. The number of aliphatic imine (C=N–C) groups is 1. The first kappa shape index (κ1) is 24.6. The molecule has 1 heterocycles. The summed E-state index contributed by atoms with van der Waals surface area (Å²) in [5, 5.41) is 12.9. The van der Waals surface area contributed by atoms with Gasteiger partial charge in [-0.1, -0.05) is 12.1 Å². The third kappa shape index (κ3) is 5.48. The summed E-state index contributed by atoms with van der Waals surface area (Å²) in [5.41, 5.74) is 1.82. The van der Waals surface area contributed by atoms with Gasteiger partial charge in [0.2, 0.25) is 0 Å². The number of phenols is 1. The zero-order valence-electron chi connectivity index (χ0n) is 18.9. The molecule has 0 saturated heterocycles. The maximum Gasteiger partial charge on any atom is 0.433 e. The van der Waals surface area contributed by atoms with Crippen LogP contribution in [0, 0.1) is 13.8 Å². The second-order valence-corrected chi connectivity index (χ2v) is 7.77. The molecule has 0 spiro atoms. The average Bonchev–Trinajstić information content (AvgIpc) is 2.75. The Hall–Kier alpha value is -4.01. The van der Waals surface area contributed by atoms with Gasteiger partial charge in [-0.05, 0) is 69.7 Å². The number of benzene rings is 2. The normalized spacial score (nSPS) is 11.9. The first-order valence-electron chi connectivity index (χ1n) is 10.2. The molecule has 2 N–H and O–H groups in total. The van der Waals surface area contributed by atoms with E-state index in [4.69, 9.17) is 0 Å². The maximum absolute atomic E-state index is 12.8. The number of halogens is 3. The van der Waals surface area contributed by atoms with E-state index in [2.05, 4.69) is 15.3 Å². The molecular formula is C25H22F3N3O3. The monoisotopic (exact) mass is 469 g/mol. The Morgan fingerprint density at radius 3 is 2.29 bits per heavy atom. The van der Waals surface area contributed by atoms with Crippen molar-refractivity contribution < 1.29 is 27.9 Å². The zero-order valence-corrected chi connectivity index (χ0v) is 18.9. The summed E-state index contributed by atoms with van der Waals surface area (Å²) in [6, 6.07) is 11.3. The van der Waals surface area contributed by atoms with Crippen LogP contribution >= 0.6 is 0 Å². The van der Waals surface area contributed by atoms with E-state index in [9.17, 15) is 27.9 Å². The zero-order chi connectivity index (χ0) is 25.2. The van der Waals surface area contributed by atoms with Crippen LogP contribution in [0.3, 0.4) is 0 Å². The highest BCUT2D eigenvalue weighted by Crippen LogP contribution is 2.29. The fourth-order valence-corrected chi connectivity index (χ4v) is 3.25. The van der Waals surface area contributed by atoms with Crippen LogP contribution in [0.5, 0.6) is 5.75 Å². The summed E-state index contributed by atoms with van der Waals surface area (Å²) in [6.07, 6.45) is -4.61. The van der Waals surface area contributed by atoms with E-state index in [0.29, 0.717) is 28.2 Å². The summed E-state index contributed by atoms with van der Waals surface area (Å²) in [5.74, 6) is -0.823. The smallest absolute Gasteiger partial charge is 0.433 e. The fourth-order valence-electron chi connectivity index (χ4n) is 3.25. The molecule has 2 aromatic carbocycles. The molecule has 9 heteroatoms. The minimum Gasteiger partial charge on any atom is -0.507 e. The lowest BCUT2D eigenvalue weighted by Crippen LogP contribution is -2.17. The van der Waals surface area contributed by atoms with E-state index < -0.39 is 17.8 Å². The highest BCUT2D eigenvalue weighted by molar-refractivity contribution is 6.07. The molecular weight excluding hydrogens is 447 g/mol. The number of carbonyl (C=O) groups excluding carboxylic acids is 2. The first-order chi connectivity index (χ1) is 15.9. The second-order valence-electron chi connectivity index (χ2n) is 7.77. The van der Waals surface area contributed by atoms with Crippen LogP contribution in [0.1, 0.15) is 57.1 Å². The van der Waals surface area contributed by atoms with Crippen molar-refractivity contribution in [1.82, 2.24) is 4.98 Å². The summed E-state index contributed by atoms with van der Waals surface area (Å²) in [6.45, 7) is 6.29. The highest BCUT2D eigenvalue weighted by Gasteiger charge is 2.33. The van der Waals surface area contributed by atoms with Gasteiger partial charge in [-0.15, -0.1) is 0 Å². The van der Waals surface area contributed by atoms with Crippen molar-refractivity contribution in [3.63, 3.8) is 0 Å². The number of aromatic nitrogens is 1. The van der Waals surface area contributed by atoms with Gasteiger partial charge < -0.3 is 10.4 Å². The van der Waals surface area contributed by atoms with Gasteiger partial charge in [0.25, 0.3) is 5.91 Å². The lowest BCUT2D eigenvalue weighted by molar-refractivity contribution is -0.141. The highest BCUT2D eigenvalue weighted by atomic mass is 19.4. The van der Waals surface area contributed by atoms with Gasteiger partial charge in [0, 0.05) is 22.5 Å². The molecule has 0 aliphatic heterocycles. The predicted octanol–water partition coefficient (Wildman–Crippen LogP) is 6.02. The number of aryl methyl sites for hydroxylation is 2. The molecule has 34 heavy (non-hydrogen) atoms. The molecule has 0 bridgehead atoms. The van der Waals surface area contributed by atoms with Gasteiger partial charge in [0.05, 0.1) is 16.9 Å². The average molecular weight is 469 g/mol. The summed E-state index contributed by atoms with van der Waals surface area (Å²) >= 11 is 0. The summed E-state index contributed by atoms with van der Waals surface area (Å²) in [4.78, 5) is 32.3. The summed E-state index contributed by atoms with van der Waals surface area (Å²) in [7, 11) is 0. The number of alkyl halides is 3. The van der Waals surface area contributed by atoms with Gasteiger partial charge >= 0.3 is 6.18 Å². The largest absolute Gasteiger partial charge is 0.507 e. The lowest BCUT2D eigenvalue weighted by atomic mass is 10.1. The molecule has 0 atom stereocenters. The Morgan fingerprint density at radius 1 is 0.971 bits per heavy atom. The van der Waals surface area contributed by atoms with Gasteiger partial charge in [-0.25, -0.2) is 4.98 Å². The number of aromatic hydroxyl groups is 1. The van der Waals surface area contributed by atoms with E-state index >= 15 is 0 Å². The number of carbonyl (C=O) groups is 2. The third-order valence-corrected chi connectivity index (χ3v) is 5.17. The molecule has 0 aliphatic rings. The Balaban J connectivity index is 1.90. The molecule has 176 valence electrons. The Morgan fingerprint density at radius 2 is 1.68 bits per heavy atom. The fraction of sp³-hybridized carbons (Fsp3) is 0.200. The van der Waals surface area contributed by atoms with Crippen LogP contribution in [0.25, 0.3) is 0 Å². The van der Waals surface area contributed by atoms with E-state index in [1.54, 1.807) is 25.1 Å².